The van der Waals surface area contributed by atoms with E-state index in [9.17, 15) is 9.18 Å². The number of likely N-dealkylation sites (N-methyl/N-ethyl adjacent to an activating group) is 1. The Morgan fingerprint density at radius 3 is 2.73 bits per heavy atom. The van der Waals surface area contributed by atoms with Gasteiger partial charge >= 0.3 is 0 Å². The lowest BCUT2D eigenvalue weighted by molar-refractivity contribution is -0.120. The third-order valence-corrected chi connectivity index (χ3v) is 5.53. The molecule has 2 heterocycles. The number of anilines is 2. The number of imidazole rings is 1. The van der Waals surface area contributed by atoms with Crippen molar-refractivity contribution in [2.45, 2.75) is 52.6 Å². The highest BCUT2D eigenvalue weighted by molar-refractivity contribution is 7.20. The highest BCUT2D eigenvalue weighted by Gasteiger charge is 2.23. The highest BCUT2D eigenvalue weighted by Crippen LogP contribution is 2.34. The average molecular weight is 433 g/mol. The van der Waals surface area contributed by atoms with Crippen molar-refractivity contribution < 1.29 is 9.18 Å². The van der Waals surface area contributed by atoms with E-state index in [2.05, 4.69) is 15.7 Å². The van der Waals surface area contributed by atoms with Crippen molar-refractivity contribution in [1.82, 2.24) is 19.9 Å². The molecule has 2 N–H and O–H groups in total. The smallest absolute Gasteiger partial charge is 0.239 e. The van der Waals surface area contributed by atoms with Crippen LogP contribution in [0.3, 0.4) is 0 Å². The maximum Gasteiger partial charge on any atom is 0.239 e. The van der Waals surface area contributed by atoms with E-state index in [1.54, 1.807) is 15.5 Å². The number of fused-ring (bicyclic) bond motifs is 1. The lowest BCUT2D eigenvalue weighted by atomic mass is 10.1. The Kier molecular flexibility index (Phi) is 6.30. The summed E-state index contributed by atoms with van der Waals surface area (Å²) in [6.07, 6.45) is 0.880. The number of carbonyl (C=O) groups excluding carboxylic acids is 1. The normalized spacial score (nSPS) is 12.8. The molecule has 0 aliphatic heterocycles. The number of nitrogens with one attached hydrogen (secondary N) is 2. The van der Waals surface area contributed by atoms with E-state index in [1.807, 2.05) is 47.7 Å². The molecule has 2 aromatic heterocycles. The number of halogens is 1. The molecule has 0 fully saturated rings. The molecule has 1 aromatic carbocycles. The summed E-state index contributed by atoms with van der Waals surface area (Å²) in [5.74, 6) is 0.336. The standard InChI is InChI=1S/C21H29FN6OS/c1-7-13(2)23-16(29)12-27(6)20-26-28-18(25-21(3,4)5)17(24-19(28)30-20)14-9-8-10-15(22)11-14/h8-11,13,25H,7,12H2,1-6H3,(H,23,29). The van der Waals surface area contributed by atoms with Gasteiger partial charge in [-0.05, 0) is 46.2 Å². The molecule has 0 aliphatic rings. The second-order valence-corrected chi connectivity index (χ2v) is 9.44. The molecule has 1 unspecified atom stereocenters. The zero-order valence-electron chi connectivity index (χ0n) is 18.3. The predicted octanol–water partition coefficient (Wildman–Crippen LogP) is 4.16. The minimum atomic E-state index is -0.314. The van der Waals surface area contributed by atoms with Crippen LogP contribution in [-0.2, 0) is 4.79 Å². The molecule has 0 radical (unpaired) electrons. The molecule has 0 saturated carbocycles. The fraction of sp³-hybridized carbons (Fsp3) is 0.476. The van der Waals surface area contributed by atoms with Crippen LogP contribution in [0.1, 0.15) is 41.0 Å². The van der Waals surface area contributed by atoms with Crippen molar-refractivity contribution in [1.29, 1.82) is 0 Å². The van der Waals surface area contributed by atoms with E-state index in [1.165, 1.54) is 23.5 Å². The van der Waals surface area contributed by atoms with Crippen LogP contribution in [0.2, 0.25) is 0 Å². The Morgan fingerprint density at radius 1 is 1.37 bits per heavy atom. The molecule has 3 aromatic rings. The van der Waals surface area contributed by atoms with Crippen LogP contribution in [0.15, 0.2) is 24.3 Å². The van der Waals surface area contributed by atoms with E-state index >= 15 is 0 Å². The largest absolute Gasteiger partial charge is 0.364 e. The fourth-order valence-corrected chi connectivity index (χ4v) is 3.76. The summed E-state index contributed by atoms with van der Waals surface area (Å²) in [5.41, 5.74) is 1.08. The molecule has 0 bridgehead atoms. The molecule has 9 heteroatoms. The van der Waals surface area contributed by atoms with E-state index in [0.29, 0.717) is 27.2 Å². The molecule has 30 heavy (non-hydrogen) atoms. The third kappa shape index (κ3) is 5.08. The summed E-state index contributed by atoms with van der Waals surface area (Å²) in [7, 11) is 1.83. The number of rotatable bonds is 7. The van der Waals surface area contributed by atoms with Crippen molar-refractivity contribution >= 4 is 33.2 Å². The summed E-state index contributed by atoms with van der Waals surface area (Å²) in [4.78, 5) is 19.4. The summed E-state index contributed by atoms with van der Waals surface area (Å²) >= 11 is 1.38. The first-order valence-corrected chi connectivity index (χ1v) is 10.8. The van der Waals surface area contributed by atoms with Gasteiger partial charge < -0.3 is 15.5 Å². The first-order valence-electron chi connectivity index (χ1n) is 10.0. The summed E-state index contributed by atoms with van der Waals surface area (Å²) in [6.45, 7) is 10.3. The fourth-order valence-electron chi connectivity index (χ4n) is 2.90. The van der Waals surface area contributed by atoms with Gasteiger partial charge in [0.15, 0.2) is 5.82 Å². The summed E-state index contributed by atoms with van der Waals surface area (Å²) in [6, 6.07) is 6.51. The van der Waals surface area contributed by atoms with Crippen LogP contribution in [0.25, 0.3) is 16.2 Å². The molecule has 0 saturated heterocycles. The molecule has 0 spiro atoms. The number of amides is 1. The maximum atomic E-state index is 13.8. The molecule has 0 aliphatic carbocycles. The first kappa shape index (κ1) is 22.0. The van der Waals surface area contributed by atoms with Gasteiger partial charge in [-0.25, -0.2) is 9.37 Å². The van der Waals surface area contributed by atoms with Crippen LogP contribution in [0.4, 0.5) is 15.3 Å². The van der Waals surface area contributed by atoms with Gasteiger partial charge in [-0.3, -0.25) is 4.79 Å². The summed E-state index contributed by atoms with van der Waals surface area (Å²) in [5, 5.41) is 11.8. The molecule has 162 valence electrons. The lowest BCUT2D eigenvalue weighted by Gasteiger charge is -2.22. The molecule has 1 amide bonds. The van der Waals surface area contributed by atoms with Gasteiger partial charge in [-0.2, -0.15) is 4.52 Å². The number of hydrogen-bond donors (Lipinski definition) is 2. The zero-order valence-corrected chi connectivity index (χ0v) is 19.1. The quantitative estimate of drug-likeness (QED) is 0.586. The van der Waals surface area contributed by atoms with Crippen molar-refractivity contribution in [3.05, 3.63) is 30.1 Å². The van der Waals surface area contributed by atoms with Crippen LogP contribution in [0, 0.1) is 5.82 Å². The van der Waals surface area contributed by atoms with Crippen LogP contribution < -0.4 is 15.5 Å². The second-order valence-electron chi connectivity index (χ2n) is 8.51. The lowest BCUT2D eigenvalue weighted by Crippen LogP contribution is -2.39. The number of aromatic nitrogens is 3. The van der Waals surface area contributed by atoms with Crippen LogP contribution in [0.5, 0.6) is 0 Å². The maximum absolute atomic E-state index is 13.8. The van der Waals surface area contributed by atoms with E-state index in [0.717, 1.165) is 6.42 Å². The van der Waals surface area contributed by atoms with Crippen LogP contribution in [-0.4, -0.2) is 45.7 Å². The van der Waals surface area contributed by atoms with Gasteiger partial charge in [0, 0.05) is 24.2 Å². The monoisotopic (exact) mass is 432 g/mol. The van der Waals surface area contributed by atoms with Crippen LogP contribution >= 0.6 is 11.3 Å². The van der Waals surface area contributed by atoms with Gasteiger partial charge in [0.1, 0.15) is 11.5 Å². The van der Waals surface area contributed by atoms with Gasteiger partial charge in [0.05, 0.1) is 6.54 Å². The molecular weight excluding hydrogens is 403 g/mol. The third-order valence-electron chi connectivity index (χ3n) is 4.51. The van der Waals surface area contributed by atoms with Gasteiger partial charge in [0.2, 0.25) is 16.0 Å². The highest BCUT2D eigenvalue weighted by atomic mass is 32.1. The predicted molar refractivity (Wildman–Crippen MR) is 121 cm³/mol. The van der Waals surface area contributed by atoms with E-state index in [4.69, 9.17) is 4.98 Å². The SMILES string of the molecule is CCC(C)NC(=O)CN(C)c1nn2c(NC(C)(C)C)c(-c3cccc(F)c3)nc2s1. The number of hydrogen-bond acceptors (Lipinski definition) is 6. The molecule has 7 nitrogen and oxygen atoms in total. The number of carbonyl (C=O) groups is 1. The van der Waals surface area contributed by atoms with Crippen molar-refractivity contribution in [3.63, 3.8) is 0 Å². The summed E-state index contributed by atoms with van der Waals surface area (Å²) < 4.78 is 15.5. The van der Waals surface area contributed by atoms with E-state index < -0.39 is 0 Å². The Hall–Kier alpha value is -2.68. The zero-order chi connectivity index (χ0) is 22.1. The second kappa shape index (κ2) is 8.59. The number of benzene rings is 1. The van der Waals surface area contributed by atoms with Crippen molar-refractivity contribution in [3.8, 4) is 11.3 Å². The molecule has 3 rings (SSSR count). The first-order chi connectivity index (χ1) is 14.1. The van der Waals surface area contributed by atoms with Gasteiger partial charge in [-0.15, -0.1) is 5.10 Å². The van der Waals surface area contributed by atoms with Gasteiger partial charge in [0.25, 0.3) is 0 Å². The van der Waals surface area contributed by atoms with Crippen molar-refractivity contribution in [2.24, 2.45) is 0 Å². The topological polar surface area (TPSA) is 74.6 Å². The molecular formula is C21H29FN6OS. The van der Waals surface area contributed by atoms with Gasteiger partial charge in [-0.1, -0.05) is 30.4 Å². The Labute approximate surface area is 180 Å². The van der Waals surface area contributed by atoms with Crippen molar-refractivity contribution in [2.75, 3.05) is 23.8 Å². The minimum absolute atomic E-state index is 0.0480. The Balaban J connectivity index is 1.95. The van der Waals surface area contributed by atoms with E-state index in [-0.39, 0.29) is 29.8 Å². The Bertz CT molecular complexity index is 1040. The average Bonchev–Trinajstić information content (AvgIpc) is 3.20. The molecule has 1 atom stereocenters. The Morgan fingerprint density at radius 2 is 2.10 bits per heavy atom. The number of nitrogens with zero attached hydrogens (tertiary/aromatic N) is 4. The minimum Gasteiger partial charge on any atom is -0.364 e.